The molecule has 0 unspecified atom stereocenters. The molecule has 0 aliphatic carbocycles. The first-order chi connectivity index (χ1) is 4.41. The molecular formula is C6H13BrN2. The molecule has 0 aromatic heterocycles. The Morgan fingerprint density at radius 2 is 1.78 bits per heavy atom. The molecule has 0 atom stereocenters. The molecule has 1 N–H and O–H groups in total. The SMILES string of the molecule is [N-]=[NH+]CCCCCCBr. The van der Waals surface area contributed by atoms with Gasteiger partial charge in [-0.25, -0.2) is 0 Å². The van der Waals surface area contributed by atoms with Gasteiger partial charge in [0.15, 0.2) is 0 Å². The Labute approximate surface area is 64.7 Å². The average molecular weight is 193 g/mol. The summed E-state index contributed by atoms with van der Waals surface area (Å²) in [6, 6.07) is 0. The summed E-state index contributed by atoms with van der Waals surface area (Å²) in [5.74, 6) is 0. The molecule has 54 valence electrons. The molecule has 0 saturated carbocycles. The van der Waals surface area contributed by atoms with Gasteiger partial charge >= 0.3 is 0 Å². The van der Waals surface area contributed by atoms with Crippen LogP contribution in [0.3, 0.4) is 0 Å². The highest BCUT2D eigenvalue weighted by atomic mass is 79.9. The van der Waals surface area contributed by atoms with Crippen LogP contribution in [0.1, 0.15) is 25.7 Å². The summed E-state index contributed by atoms with van der Waals surface area (Å²) in [5, 5.41) is 3.23. The number of hydrogen-bond acceptors (Lipinski definition) is 0. The summed E-state index contributed by atoms with van der Waals surface area (Å²) in [7, 11) is 0. The Balaban J connectivity index is 2.66. The number of halogens is 1. The van der Waals surface area contributed by atoms with Crippen LogP contribution < -0.4 is 5.11 Å². The summed E-state index contributed by atoms with van der Waals surface area (Å²) in [5.41, 5.74) is 8.16. The van der Waals surface area contributed by atoms with Crippen molar-refractivity contribution in [3.05, 3.63) is 5.53 Å². The maximum atomic E-state index is 8.16. The third-order valence-corrected chi connectivity index (χ3v) is 1.73. The summed E-state index contributed by atoms with van der Waals surface area (Å²) in [6.45, 7) is 0.724. The molecule has 3 heteroatoms. The standard InChI is InChI=1S/C6H13BrN2/c7-5-3-1-2-4-6-9-8/h9H,1-6H2. The van der Waals surface area contributed by atoms with Gasteiger partial charge in [0.1, 0.15) is 6.54 Å². The summed E-state index contributed by atoms with van der Waals surface area (Å²) in [4.78, 5) is 0. The van der Waals surface area contributed by atoms with E-state index in [0.29, 0.717) is 0 Å². The lowest BCUT2D eigenvalue weighted by molar-refractivity contribution is -0.481. The van der Waals surface area contributed by atoms with E-state index in [-0.39, 0.29) is 0 Å². The number of nitrogens with one attached hydrogen (secondary N) is 1. The van der Waals surface area contributed by atoms with Gasteiger partial charge in [0.05, 0.1) is 0 Å². The largest absolute Gasteiger partial charge is 0.509 e. The molecular weight excluding hydrogens is 180 g/mol. The van der Waals surface area contributed by atoms with Crippen LogP contribution in [0.25, 0.3) is 5.53 Å². The van der Waals surface area contributed by atoms with Crippen molar-refractivity contribution in [2.24, 2.45) is 0 Å². The van der Waals surface area contributed by atoms with Gasteiger partial charge in [-0.05, 0) is 12.8 Å². The van der Waals surface area contributed by atoms with E-state index in [9.17, 15) is 0 Å². The van der Waals surface area contributed by atoms with Gasteiger partial charge in [0, 0.05) is 11.8 Å². The second-order valence-corrected chi connectivity index (χ2v) is 2.80. The predicted molar refractivity (Wildman–Crippen MR) is 41.5 cm³/mol. The van der Waals surface area contributed by atoms with Gasteiger partial charge in [-0.3, -0.25) is 0 Å². The molecule has 0 aromatic rings. The fraction of sp³-hybridized carbons (Fsp3) is 1.00. The quantitative estimate of drug-likeness (QED) is 0.372. The monoisotopic (exact) mass is 192 g/mol. The van der Waals surface area contributed by atoms with Crippen molar-refractivity contribution in [2.45, 2.75) is 25.7 Å². The maximum Gasteiger partial charge on any atom is 0.129 e. The molecule has 0 spiro atoms. The molecule has 0 heterocycles. The van der Waals surface area contributed by atoms with Crippen molar-refractivity contribution >= 4 is 15.9 Å². The van der Waals surface area contributed by atoms with Gasteiger partial charge in [0.25, 0.3) is 0 Å². The van der Waals surface area contributed by atoms with Crippen molar-refractivity contribution in [3.63, 3.8) is 0 Å². The van der Waals surface area contributed by atoms with Crippen LogP contribution in [0.4, 0.5) is 0 Å². The molecule has 0 saturated heterocycles. The van der Waals surface area contributed by atoms with Crippen LogP contribution in [0.2, 0.25) is 0 Å². The highest BCUT2D eigenvalue weighted by molar-refractivity contribution is 9.09. The fourth-order valence-electron chi connectivity index (χ4n) is 0.652. The minimum atomic E-state index is 0.724. The molecule has 0 amide bonds. The van der Waals surface area contributed by atoms with Crippen LogP contribution in [0, 0.1) is 0 Å². The number of hydrogen-bond donors (Lipinski definition) is 1. The zero-order valence-electron chi connectivity index (χ0n) is 5.57. The topological polar surface area (TPSA) is 36.3 Å². The van der Waals surface area contributed by atoms with Crippen molar-refractivity contribution < 1.29 is 5.11 Å². The minimum Gasteiger partial charge on any atom is -0.509 e. The molecule has 0 aliphatic rings. The maximum absolute atomic E-state index is 8.16. The zero-order valence-corrected chi connectivity index (χ0v) is 7.15. The van der Waals surface area contributed by atoms with Gasteiger partial charge in [-0.2, -0.15) is 0 Å². The Hall–Kier alpha value is 0.0800. The zero-order chi connectivity index (χ0) is 6.95. The molecule has 0 fully saturated rings. The van der Waals surface area contributed by atoms with Crippen molar-refractivity contribution in [2.75, 3.05) is 11.9 Å². The lowest BCUT2D eigenvalue weighted by Crippen LogP contribution is -2.62. The third kappa shape index (κ3) is 8.08. The first-order valence-electron chi connectivity index (χ1n) is 3.34. The number of unbranched alkanes of at least 4 members (excludes halogenated alkanes) is 3. The van der Waals surface area contributed by atoms with Crippen LogP contribution in [-0.4, -0.2) is 11.9 Å². The van der Waals surface area contributed by atoms with Crippen LogP contribution in [0.15, 0.2) is 0 Å². The van der Waals surface area contributed by atoms with Gasteiger partial charge in [0.2, 0.25) is 0 Å². The summed E-state index contributed by atoms with van der Waals surface area (Å²) >= 11 is 3.35. The van der Waals surface area contributed by atoms with Crippen molar-refractivity contribution in [1.29, 1.82) is 0 Å². The van der Waals surface area contributed by atoms with E-state index in [1.54, 1.807) is 0 Å². The predicted octanol–water partition coefficient (Wildman–Crippen LogP) is 1.04. The number of alkyl halides is 1. The van der Waals surface area contributed by atoms with Crippen LogP contribution in [0.5, 0.6) is 0 Å². The fourth-order valence-corrected chi connectivity index (χ4v) is 1.05. The molecule has 9 heavy (non-hydrogen) atoms. The highest BCUT2D eigenvalue weighted by Gasteiger charge is 1.87. The number of rotatable bonds is 6. The lowest BCUT2D eigenvalue weighted by atomic mass is 10.2. The lowest BCUT2D eigenvalue weighted by Gasteiger charge is -1.92. The second-order valence-electron chi connectivity index (χ2n) is 2.01. The summed E-state index contributed by atoms with van der Waals surface area (Å²) < 4.78 is 0. The first-order valence-corrected chi connectivity index (χ1v) is 4.47. The highest BCUT2D eigenvalue weighted by Crippen LogP contribution is 1.99. The molecule has 2 nitrogen and oxygen atoms in total. The molecule has 0 radical (unpaired) electrons. The second kappa shape index (κ2) is 8.08. The van der Waals surface area contributed by atoms with Crippen molar-refractivity contribution in [1.82, 2.24) is 0 Å². The third-order valence-electron chi connectivity index (χ3n) is 1.17. The van der Waals surface area contributed by atoms with Gasteiger partial charge in [-0.1, -0.05) is 22.4 Å². The van der Waals surface area contributed by atoms with Gasteiger partial charge < -0.3 is 10.6 Å². The van der Waals surface area contributed by atoms with Crippen molar-refractivity contribution in [3.8, 4) is 0 Å². The molecule has 0 rings (SSSR count). The minimum absolute atomic E-state index is 0.724. The Bertz CT molecular complexity index is 66.1. The molecule has 0 aliphatic heterocycles. The average Bonchev–Trinajstić information content (AvgIpc) is 1.89. The Kier molecular flexibility index (Phi) is 8.15. The number of nitrogens with zero attached hydrogens (tertiary/aromatic N) is 1. The normalized spacial score (nSPS) is 9.44. The van der Waals surface area contributed by atoms with Crippen LogP contribution in [-0.2, 0) is 0 Å². The van der Waals surface area contributed by atoms with E-state index in [1.807, 2.05) is 0 Å². The van der Waals surface area contributed by atoms with E-state index in [1.165, 1.54) is 19.3 Å². The van der Waals surface area contributed by atoms with E-state index in [2.05, 4.69) is 21.0 Å². The van der Waals surface area contributed by atoms with E-state index < -0.39 is 0 Å². The van der Waals surface area contributed by atoms with E-state index in [4.69, 9.17) is 5.53 Å². The van der Waals surface area contributed by atoms with E-state index >= 15 is 0 Å². The van der Waals surface area contributed by atoms with Crippen LogP contribution >= 0.6 is 15.9 Å². The first kappa shape index (κ1) is 9.08. The van der Waals surface area contributed by atoms with Gasteiger partial charge in [-0.15, -0.1) is 0 Å². The van der Waals surface area contributed by atoms with E-state index in [0.717, 1.165) is 18.3 Å². The Morgan fingerprint density at radius 1 is 1.11 bits per heavy atom. The smallest absolute Gasteiger partial charge is 0.129 e. The molecule has 0 bridgehead atoms. The Morgan fingerprint density at radius 3 is 2.33 bits per heavy atom. The molecule has 0 aromatic carbocycles. The summed E-state index contributed by atoms with van der Waals surface area (Å²) in [6.07, 6.45) is 4.78.